The lowest BCUT2D eigenvalue weighted by Gasteiger charge is -2.28. The molecule has 0 fully saturated rings. The Labute approximate surface area is 281 Å². The summed E-state index contributed by atoms with van der Waals surface area (Å²) in [5.41, 5.74) is 5.57. The van der Waals surface area contributed by atoms with Crippen LogP contribution in [0.25, 0.3) is 33.1 Å². The molecule has 0 bridgehead atoms. The van der Waals surface area contributed by atoms with Gasteiger partial charge in [-0.25, -0.2) is 15.0 Å². The van der Waals surface area contributed by atoms with E-state index in [0.717, 1.165) is 50.6 Å². The Balaban J connectivity index is 1.20. The summed E-state index contributed by atoms with van der Waals surface area (Å²) >= 11 is 0. The fraction of sp³-hybridized carbons (Fsp3) is 0.371. The van der Waals surface area contributed by atoms with Gasteiger partial charge in [0.2, 0.25) is 5.91 Å². The molecule has 0 radical (unpaired) electrons. The lowest BCUT2D eigenvalue weighted by molar-refractivity contribution is -0.121. The Bertz CT molecular complexity index is 1790. The molecule has 3 N–H and O–H groups in total. The first-order chi connectivity index (χ1) is 23.5. The third kappa shape index (κ3) is 8.00. The third-order valence-corrected chi connectivity index (χ3v) is 11.3. The summed E-state index contributed by atoms with van der Waals surface area (Å²) in [6.07, 6.45) is 0.693. The second-order valence-corrected chi connectivity index (χ2v) is 14.3. The van der Waals surface area contributed by atoms with Crippen molar-refractivity contribution in [2.75, 3.05) is 26.4 Å². The zero-order chi connectivity index (χ0) is 33.3. The maximum absolute atomic E-state index is 13.4. The van der Waals surface area contributed by atoms with Gasteiger partial charge in [0.25, 0.3) is 0 Å². The number of nitrogens with one attached hydrogen (secondary N) is 3. The molecule has 3 aromatic heterocycles. The van der Waals surface area contributed by atoms with E-state index >= 15 is 0 Å². The second kappa shape index (κ2) is 15.7. The normalized spacial score (nSPS) is 12.2. The standard InChI is InChI=1S/C35H44N8O4Si/c1-4-45-48(46-5-2,47-6-3)21-13-20-36-35(44)25-43-31-19-12-11-18-30(31)41-34(43)24-42(22-32-37-26-14-7-8-15-27(26)38-32)23-33-39-28-16-9-10-17-29(28)40-33/h7-12,14-19H,4-6,13,20-25H2,1-3H3,(H,36,44)(H,37,38)(H,39,40). The van der Waals surface area contributed by atoms with E-state index in [-0.39, 0.29) is 12.5 Å². The Hall–Kier alpha value is -4.40. The number of imidazole rings is 3. The third-order valence-electron chi connectivity index (χ3n) is 8.10. The van der Waals surface area contributed by atoms with Gasteiger partial charge < -0.3 is 33.1 Å². The van der Waals surface area contributed by atoms with Crippen molar-refractivity contribution in [2.45, 2.75) is 59.4 Å². The molecule has 13 heteroatoms. The van der Waals surface area contributed by atoms with Crippen LogP contribution in [0, 0.1) is 0 Å². The Morgan fingerprint density at radius 3 is 1.85 bits per heavy atom. The van der Waals surface area contributed by atoms with E-state index in [2.05, 4.69) is 20.2 Å². The van der Waals surface area contributed by atoms with Crippen molar-refractivity contribution in [2.24, 2.45) is 0 Å². The molecule has 6 aromatic rings. The van der Waals surface area contributed by atoms with E-state index in [4.69, 9.17) is 28.2 Å². The number of carbonyl (C=O) groups excluding carboxylic acids is 1. The number of benzene rings is 3. The van der Waals surface area contributed by atoms with E-state index in [1.807, 2.05) is 98.1 Å². The molecular formula is C35H44N8O4Si. The van der Waals surface area contributed by atoms with Crippen LogP contribution in [0.3, 0.4) is 0 Å². The summed E-state index contributed by atoms with van der Waals surface area (Å²) in [7, 11) is -2.77. The fourth-order valence-electron chi connectivity index (χ4n) is 6.11. The van der Waals surface area contributed by atoms with Gasteiger partial charge in [0.15, 0.2) is 0 Å². The van der Waals surface area contributed by atoms with Gasteiger partial charge in [0.1, 0.15) is 24.0 Å². The average Bonchev–Trinajstić information content (AvgIpc) is 3.78. The number of para-hydroxylation sites is 6. The summed E-state index contributed by atoms with van der Waals surface area (Å²) in [6.45, 7) is 9.60. The highest BCUT2D eigenvalue weighted by atomic mass is 28.4. The first-order valence-electron chi connectivity index (χ1n) is 16.7. The summed E-state index contributed by atoms with van der Waals surface area (Å²) in [5.74, 6) is 2.39. The molecule has 0 aliphatic carbocycles. The maximum atomic E-state index is 13.4. The lowest BCUT2D eigenvalue weighted by atomic mass is 10.3. The van der Waals surface area contributed by atoms with Gasteiger partial charge in [-0.3, -0.25) is 9.69 Å². The predicted octanol–water partition coefficient (Wildman–Crippen LogP) is 5.55. The first-order valence-corrected chi connectivity index (χ1v) is 18.6. The minimum atomic E-state index is -2.77. The number of H-pyrrole nitrogens is 2. The Morgan fingerprint density at radius 1 is 0.750 bits per heavy atom. The highest BCUT2D eigenvalue weighted by Gasteiger charge is 2.39. The van der Waals surface area contributed by atoms with E-state index in [9.17, 15) is 4.79 Å². The van der Waals surface area contributed by atoms with Gasteiger partial charge in [-0.05, 0) is 63.6 Å². The molecule has 3 aromatic carbocycles. The van der Waals surface area contributed by atoms with E-state index < -0.39 is 8.80 Å². The largest absolute Gasteiger partial charge is 0.500 e. The van der Waals surface area contributed by atoms with Gasteiger partial charge in [0.05, 0.1) is 52.7 Å². The Morgan fingerprint density at radius 2 is 1.29 bits per heavy atom. The van der Waals surface area contributed by atoms with E-state index in [1.54, 1.807) is 0 Å². The topological polar surface area (TPSA) is 135 Å². The molecule has 6 rings (SSSR count). The molecule has 0 saturated carbocycles. The van der Waals surface area contributed by atoms with Crippen LogP contribution < -0.4 is 5.32 Å². The molecule has 0 spiro atoms. The van der Waals surface area contributed by atoms with E-state index in [1.165, 1.54) is 0 Å². The van der Waals surface area contributed by atoms with Crippen LogP contribution >= 0.6 is 0 Å². The molecule has 0 saturated heterocycles. The highest BCUT2D eigenvalue weighted by Crippen LogP contribution is 2.22. The number of fused-ring (bicyclic) bond motifs is 3. The molecule has 1 amide bonds. The maximum Gasteiger partial charge on any atom is 0.500 e. The lowest BCUT2D eigenvalue weighted by Crippen LogP contribution is -2.46. The molecule has 12 nitrogen and oxygen atoms in total. The first kappa shape index (κ1) is 33.5. The molecular weight excluding hydrogens is 625 g/mol. The van der Waals surface area contributed by atoms with Crippen LogP contribution in [0.15, 0.2) is 72.8 Å². The van der Waals surface area contributed by atoms with Crippen LogP contribution in [0.4, 0.5) is 0 Å². The molecule has 0 unspecified atom stereocenters. The van der Waals surface area contributed by atoms with Crippen molar-refractivity contribution in [1.29, 1.82) is 0 Å². The average molecular weight is 669 g/mol. The van der Waals surface area contributed by atoms with Crippen molar-refractivity contribution in [3.05, 3.63) is 90.3 Å². The van der Waals surface area contributed by atoms with Crippen molar-refractivity contribution in [3.8, 4) is 0 Å². The Kier molecular flexibility index (Phi) is 10.9. The second-order valence-electron chi connectivity index (χ2n) is 11.6. The molecule has 48 heavy (non-hydrogen) atoms. The minimum Gasteiger partial charge on any atom is -0.374 e. The minimum absolute atomic E-state index is 0.0861. The van der Waals surface area contributed by atoms with Gasteiger partial charge in [-0.1, -0.05) is 36.4 Å². The highest BCUT2D eigenvalue weighted by molar-refractivity contribution is 6.60. The predicted molar refractivity (Wildman–Crippen MR) is 188 cm³/mol. The summed E-state index contributed by atoms with van der Waals surface area (Å²) in [6, 6.07) is 24.6. The number of carbonyl (C=O) groups is 1. The van der Waals surface area contributed by atoms with Gasteiger partial charge >= 0.3 is 8.80 Å². The number of hydrogen-bond donors (Lipinski definition) is 3. The summed E-state index contributed by atoms with van der Waals surface area (Å²) in [5, 5.41) is 3.10. The zero-order valence-electron chi connectivity index (χ0n) is 27.9. The van der Waals surface area contributed by atoms with Gasteiger partial charge in [-0.15, -0.1) is 0 Å². The van der Waals surface area contributed by atoms with Crippen molar-refractivity contribution in [1.82, 2.24) is 39.7 Å². The van der Waals surface area contributed by atoms with Crippen LogP contribution in [0.2, 0.25) is 6.04 Å². The van der Waals surface area contributed by atoms with Gasteiger partial charge in [-0.2, -0.15) is 0 Å². The molecule has 3 heterocycles. The summed E-state index contributed by atoms with van der Waals surface area (Å²) < 4.78 is 19.9. The van der Waals surface area contributed by atoms with Crippen molar-refractivity contribution < 1.29 is 18.1 Å². The smallest absolute Gasteiger partial charge is 0.374 e. The number of amides is 1. The number of aromatic nitrogens is 6. The number of nitrogens with zero attached hydrogens (tertiary/aromatic N) is 5. The monoisotopic (exact) mass is 668 g/mol. The fourth-order valence-corrected chi connectivity index (χ4v) is 8.72. The quantitative estimate of drug-likeness (QED) is 0.0802. The summed E-state index contributed by atoms with van der Waals surface area (Å²) in [4.78, 5) is 37.2. The number of aromatic amines is 2. The van der Waals surface area contributed by atoms with E-state index in [0.29, 0.717) is 58.5 Å². The zero-order valence-corrected chi connectivity index (χ0v) is 28.9. The molecule has 0 aliphatic rings. The SMILES string of the molecule is CCO[Si](CCCNC(=O)Cn1c(CN(Cc2nc3ccccc3[nH]2)Cc2nc3ccccc3[nH]2)nc2ccccc21)(OCC)OCC. The number of rotatable bonds is 18. The molecule has 0 aliphatic heterocycles. The van der Waals surface area contributed by atoms with Gasteiger partial charge in [0, 0.05) is 32.4 Å². The number of hydrogen-bond acceptors (Lipinski definition) is 8. The van der Waals surface area contributed by atoms with Crippen LogP contribution in [-0.2, 0) is 44.3 Å². The van der Waals surface area contributed by atoms with Crippen molar-refractivity contribution >= 4 is 47.8 Å². The molecule has 0 atom stereocenters. The van der Waals surface area contributed by atoms with Crippen LogP contribution in [-0.4, -0.2) is 75.5 Å². The molecule has 252 valence electrons. The van der Waals surface area contributed by atoms with Crippen LogP contribution in [0.1, 0.15) is 44.7 Å². The van der Waals surface area contributed by atoms with Crippen LogP contribution in [0.5, 0.6) is 0 Å². The van der Waals surface area contributed by atoms with Crippen molar-refractivity contribution in [3.63, 3.8) is 0 Å².